The number of rotatable bonds is 8. The molecule has 33 heavy (non-hydrogen) atoms. The van der Waals surface area contributed by atoms with E-state index in [0.717, 1.165) is 75.5 Å². The van der Waals surface area contributed by atoms with Gasteiger partial charge < -0.3 is 14.7 Å². The lowest BCUT2D eigenvalue weighted by Gasteiger charge is -2.32. The molecule has 4 rings (SSSR count). The number of aliphatic carboxylic acids is 1. The molecule has 0 unspecified atom stereocenters. The van der Waals surface area contributed by atoms with Crippen LogP contribution in [-0.2, 0) is 11.2 Å². The zero-order chi connectivity index (χ0) is 23.4. The number of alkyl halides is 2. The Hall–Kier alpha value is -2.21. The monoisotopic (exact) mass is 459 g/mol. The fraction of sp³-hybridized carbons (Fsp3) is 0.593. The Bertz CT molecular complexity index is 956. The van der Waals surface area contributed by atoms with Crippen LogP contribution in [0.25, 0.3) is 10.8 Å². The van der Waals surface area contributed by atoms with E-state index >= 15 is 0 Å². The number of carboxylic acids is 1. The van der Waals surface area contributed by atoms with Crippen LogP contribution in [-0.4, -0.2) is 41.7 Å². The van der Waals surface area contributed by atoms with Gasteiger partial charge in [0.2, 0.25) is 0 Å². The van der Waals surface area contributed by atoms with E-state index in [9.17, 15) is 13.6 Å². The molecule has 0 spiro atoms. The second-order valence-electron chi connectivity index (χ2n) is 9.99. The van der Waals surface area contributed by atoms with Gasteiger partial charge in [-0.1, -0.05) is 31.2 Å². The number of benzene rings is 2. The van der Waals surface area contributed by atoms with Gasteiger partial charge in [-0.15, -0.1) is 0 Å². The van der Waals surface area contributed by atoms with Crippen LogP contribution in [0.4, 0.5) is 8.78 Å². The first kappa shape index (κ1) is 23.9. The summed E-state index contributed by atoms with van der Waals surface area (Å²) in [6.07, 6.45) is 4.48. The lowest BCUT2D eigenvalue weighted by Crippen LogP contribution is -2.37. The molecule has 0 radical (unpaired) electrons. The fourth-order valence-electron chi connectivity index (χ4n) is 5.45. The second-order valence-corrected chi connectivity index (χ2v) is 9.99. The summed E-state index contributed by atoms with van der Waals surface area (Å²) in [5.74, 6) is 0.491. The van der Waals surface area contributed by atoms with E-state index in [4.69, 9.17) is 9.84 Å². The molecular formula is C27H35F2NO3. The summed E-state index contributed by atoms with van der Waals surface area (Å²) in [6.45, 7) is 4.88. The normalized spacial score (nSPS) is 24.3. The Morgan fingerprint density at radius 2 is 1.94 bits per heavy atom. The molecule has 1 saturated carbocycles. The number of piperidine rings is 1. The Balaban J connectivity index is 1.44. The van der Waals surface area contributed by atoms with Crippen LogP contribution in [0.15, 0.2) is 30.3 Å². The van der Waals surface area contributed by atoms with Gasteiger partial charge in [0.25, 0.3) is 6.43 Å². The van der Waals surface area contributed by atoms with Gasteiger partial charge in [0, 0.05) is 19.5 Å². The number of carboxylic acid groups (broad SMARTS) is 1. The van der Waals surface area contributed by atoms with E-state index in [1.807, 2.05) is 24.3 Å². The van der Waals surface area contributed by atoms with Crippen LogP contribution >= 0.6 is 0 Å². The molecule has 0 amide bonds. The molecule has 1 saturated heterocycles. The predicted molar refractivity (Wildman–Crippen MR) is 126 cm³/mol. The summed E-state index contributed by atoms with van der Waals surface area (Å²) >= 11 is 0. The van der Waals surface area contributed by atoms with Gasteiger partial charge in [-0.2, -0.15) is 0 Å². The third-order valence-corrected chi connectivity index (χ3v) is 7.34. The highest BCUT2D eigenvalue weighted by Crippen LogP contribution is 2.38. The third-order valence-electron chi connectivity index (χ3n) is 7.34. The smallest absolute Gasteiger partial charge is 0.303 e. The molecule has 180 valence electrons. The van der Waals surface area contributed by atoms with Gasteiger partial charge in [-0.05, 0) is 85.7 Å². The molecule has 0 bridgehead atoms. The maximum Gasteiger partial charge on any atom is 0.303 e. The van der Waals surface area contributed by atoms with E-state index in [2.05, 4.69) is 11.8 Å². The Morgan fingerprint density at radius 3 is 2.67 bits per heavy atom. The van der Waals surface area contributed by atoms with Crippen molar-refractivity contribution in [1.29, 1.82) is 0 Å². The molecule has 1 N–H and O–H groups in total. The highest BCUT2D eigenvalue weighted by molar-refractivity contribution is 5.88. The zero-order valence-electron chi connectivity index (χ0n) is 19.4. The molecule has 4 nitrogen and oxygen atoms in total. The third kappa shape index (κ3) is 6.23. The number of halogens is 2. The molecule has 2 aliphatic rings. The Kier molecular flexibility index (Phi) is 7.84. The average Bonchev–Trinajstić information content (AvgIpc) is 2.78. The Labute approximate surface area is 194 Å². The van der Waals surface area contributed by atoms with Gasteiger partial charge in [0.15, 0.2) is 0 Å². The molecule has 6 heteroatoms. The number of hydrogen-bond donors (Lipinski definition) is 1. The summed E-state index contributed by atoms with van der Waals surface area (Å²) < 4.78 is 34.2. The number of hydrogen-bond acceptors (Lipinski definition) is 3. The Morgan fingerprint density at radius 1 is 1.15 bits per heavy atom. The zero-order valence-corrected chi connectivity index (χ0v) is 19.4. The van der Waals surface area contributed by atoms with Gasteiger partial charge in [-0.25, -0.2) is 8.78 Å². The van der Waals surface area contributed by atoms with E-state index in [-0.39, 0.29) is 24.0 Å². The quantitative estimate of drug-likeness (QED) is 0.492. The predicted octanol–water partition coefficient (Wildman–Crippen LogP) is 6.46. The van der Waals surface area contributed by atoms with E-state index < -0.39 is 12.4 Å². The molecule has 1 heterocycles. The first-order chi connectivity index (χ1) is 15.9. The van der Waals surface area contributed by atoms with Gasteiger partial charge in [0.05, 0.1) is 11.7 Å². The topological polar surface area (TPSA) is 49.8 Å². The van der Waals surface area contributed by atoms with Crippen molar-refractivity contribution in [1.82, 2.24) is 4.90 Å². The minimum Gasteiger partial charge on any atom is -0.490 e. The maximum atomic E-state index is 14.1. The van der Waals surface area contributed by atoms with Crippen molar-refractivity contribution in [2.24, 2.45) is 11.8 Å². The summed E-state index contributed by atoms with van der Waals surface area (Å²) in [6, 6.07) is 9.37. The molecule has 2 aromatic carbocycles. The van der Waals surface area contributed by atoms with Gasteiger partial charge in [0.1, 0.15) is 5.75 Å². The molecule has 1 aliphatic carbocycles. The largest absolute Gasteiger partial charge is 0.490 e. The standard InChI is InChI=1S/C27H35F2NO3/c1-18-4-8-22(9-5-18)33-24-11-7-21-15-19(6-10-23(21)26(24)27(28)29)12-14-30-13-2-3-20(17-30)16-25(31)32/h6-7,10-11,15,18,20,22,27H,2-5,8-9,12-14,16-17H2,1H3,(H,31,32)/t18?,20-,22?/m0/s1. The van der Waals surface area contributed by atoms with Crippen molar-refractivity contribution in [3.05, 3.63) is 41.5 Å². The highest BCUT2D eigenvalue weighted by atomic mass is 19.3. The molecule has 0 aromatic heterocycles. The van der Waals surface area contributed by atoms with E-state index in [0.29, 0.717) is 17.1 Å². The van der Waals surface area contributed by atoms with E-state index in [1.54, 1.807) is 6.07 Å². The van der Waals surface area contributed by atoms with Crippen molar-refractivity contribution in [2.75, 3.05) is 19.6 Å². The SMILES string of the molecule is CC1CCC(Oc2ccc3cc(CCN4CCC[C@@H](CC(=O)O)C4)ccc3c2C(F)F)CC1. The van der Waals surface area contributed by atoms with E-state index in [1.165, 1.54) is 0 Å². The van der Waals surface area contributed by atoms with Crippen molar-refractivity contribution < 1.29 is 23.4 Å². The minimum atomic E-state index is -2.59. The highest BCUT2D eigenvalue weighted by Gasteiger charge is 2.25. The lowest BCUT2D eigenvalue weighted by molar-refractivity contribution is -0.138. The number of carbonyl (C=O) groups is 1. The second kappa shape index (κ2) is 10.8. The number of ether oxygens (including phenoxy) is 1. The van der Waals surface area contributed by atoms with Crippen molar-refractivity contribution >= 4 is 16.7 Å². The first-order valence-electron chi connectivity index (χ1n) is 12.3. The van der Waals surface area contributed by atoms with Gasteiger partial charge >= 0.3 is 5.97 Å². The summed E-state index contributed by atoms with van der Waals surface area (Å²) in [5, 5.41) is 10.4. The van der Waals surface area contributed by atoms with Crippen LogP contribution in [0.5, 0.6) is 5.75 Å². The molecule has 2 aromatic rings. The van der Waals surface area contributed by atoms with Gasteiger partial charge in [-0.3, -0.25) is 4.79 Å². The van der Waals surface area contributed by atoms with Crippen molar-refractivity contribution in [3.8, 4) is 5.75 Å². The number of nitrogens with zero attached hydrogens (tertiary/aromatic N) is 1. The summed E-state index contributed by atoms with van der Waals surface area (Å²) in [5.41, 5.74) is 1.11. The average molecular weight is 460 g/mol. The van der Waals surface area contributed by atoms with Crippen LogP contribution in [0.1, 0.15) is 69.4 Å². The molecule has 1 aliphatic heterocycles. The maximum absolute atomic E-state index is 14.1. The first-order valence-corrected chi connectivity index (χ1v) is 12.3. The van der Waals surface area contributed by atoms with Crippen LogP contribution < -0.4 is 4.74 Å². The number of fused-ring (bicyclic) bond motifs is 1. The van der Waals surface area contributed by atoms with Crippen molar-refractivity contribution in [2.45, 2.75) is 70.8 Å². The van der Waals surface area contributed by atoms with Crippen LogP contribution in [0.2, 0.25) is 0 Å². The number of likely N-dealkylation sites (tertiary alicyclic amines) is 1. The van der Waals surface area contributed by atoms with Crippen LogP contribution in [0.3, 0.4) is 0 Å². The summed E-state index contributed by atoms with van der Waals surface area (Å²) in [4.78, 5) is 13.3. The summed E-state index contributed by atoms with van der Waals surface area (Å²) in [7, 11) is 0. The lowest BCUT2D eigenvalue weighted by atomic mass is 9.89. The van der Waals surface area contributed by atoms with Crippen LogP contribution in [0, 0.1) is 11.8 Å². The molecule has 1 atom stereocenters. The molecular weight excluding hydrogens is 424 g/mol. The fourth-order valence-corrected chi connectivity index (χ4v) is 5.45. The minimum absolute atomic E-state index is 0.00483. The molecule has 2 fully saturated rings. The van der Waals surface area contributed by atoms with Crippen molar-refractivity contribution in [3.63, 3.8) is 0 Å².